The Labute approximate surface area is 83.6 Å². The molecule has 0 rings (SSSR count). The number of carbonyl (C=O) groups excluding carboxylic acids is 1. The van der Waals surface area contributed by atoms with Crippen molar-refractivity contribution in [3.63, 3.8) is 0 Å². The van der Waals surface area contributed by atoms with Gasteiger partial charge in [0.1, 0.15) is 16.5 Å². The Morgan fingerprint density at radius 1 is 0.923 bits per heavy atom. The van der Waals surface area contributed by atoms with E-state index < -0.39 is 16.5 Å². The Morgan fingerprint density at radius 3 is 1.15 bits per heavy atom. The fourth-order valence-electron chi connectivity index (χ4n) is 1.95. The smallest absolute Gasteiger partial charge is 0.203 e. The van der Waals surface area contributed by atoms with Gasteiger partial charge in [0.05, 0.1) is 0 Å². The molecule has 0 saturated carbocycles. The van der Waals surface area contributed by atoms with Crippen LogP contribution in [0.5, 0.6) is 0 Å². The molecule has 0 aliphatic heterocycles. The first-order valence-corrected chi connectivity index (χ1v) is 11.3. The number of hydrogen-bond donors (Lipinski definition) is 0. The quantitative estimate of drug-likeness (QED) is 0.655. The third-order valence-electron chi connectivity index (χ3n) is 1.66. The predicted octanol–water partition coefficient (Wildman–Crippen LogP) is 1.68. The summed E-state index contributed by atoms with van der Waals surface area (Å²) < 4.78 is 2.18. The Balaban J connectivity index is 0. The van der Waals surface area contributed by atoms with Crippen molar-refractivity contribution in [3.8, 4) is 0 Å². The average molecular weight is 221 g/mol. The van der Waals surface area contributed by atoms with Gasteiger partial charge in [-0.05, 0) is 0 Å². The van der Waals surface area contributed by atoms with E-state index in [2.05, 4.69) is 43.5 Å². The van der Waals surface area contributed by atoms with Gasteiger partial charge in [0.2, 0.25) is 5.91 Å². The number of amides is 1. The summed E-state index contributed by atoms with van der Waals surface area (Å²) in [7, 11) is -2.88. The molecule has 0 fully saturated rings. The van der Waals surface area contributed by atoms with Crippen LogP contribution < -0.4 is 0 Å². The zero-order valence-corrected chi connectivity index (χ0v) is 11.9. The van der Waals surface area contributed by atoms with Gasteiger partial charge in [0, 0.05) is 6.92 Å². The minimum absolute atomic E-state index is 0. The minimum Gasteiger partial charge on any atom is -0.412 e. The van der Waals surface area contributed by atoms with Crippen LogP contribution in [-0.2, 0) is 4.79 Å². The molecule has 0 bridgehead atoms. The van der Waals surface area contributed by atoms with Crippen molar-refractivity contribution in [2.45, 2.75) is 46.2 Å². The van der Waals surface area contributed by atoms with Crippen molar-refractivity contribution in [1.82, 2.24) is 4.23 Å². The molecular weight excluding hydrogens is 198 g/mol. The lowest BCUT2D eigenvalue weighted by atomic mass is 10.8. The SMILES string of the molecule is CC(=O)N([Si](C)(C)C)[Si](C)(C)C.O. The van der Waals surface area contributed by atoms with Crippen LogP contribution in [0.15, 0.2) is 0 Å². The van der Waals surface area contributed by atoms with Crippen LogP contribution in [0.2, 0.25) is 39.3 Å². The lowest BCUT2D eigenvalue weighted by molar-refractivity contribution is -0.122. The molecule has 0 aliphatic carbocycles. The number of nitrogens with zero attached hydrogens (tertiary/aromatic N) is 1. The Bertz CT molecular complexity index is 168. The van der Waals surface area contributed by atoms with E-state index in [1.165, 1.54) is 0 Å². The van der Waals surface area contributed by atoms with Crippen molar-refractivity contribution in [1.29, 1.82) is 0 Å². The highest BCUT2D eigenvalue weighted by molar-refractivity contribution is 6.92. The summed E-state index contributed by atoms with van der Waals surface area (Å²) >= 11 is 0. The fourth-order valence-corrected chi connectivity index (χ4v) is 11.9. The van der Waals surface area contributed by atoms with Gasteiger partial charge >= 0.3 is 0 Å². The molecule has 0 heterocycles. The second-order valence-corrected chi connectivity index (χ2v) is 15.2. The maximum atomic E-state index is 11.4. The molecule has 0 unspecified atom stereocenters. The van der Waals surface area contributed by atoms with Gasteiger partial charge < -0.3 is 9.71 Å². The van der Waals surface area contributed by atoms with Crippen LogP contribution >= 0.6 is 0 Å². The monoisotopic (exact) mass is 221 g/mol. The second-order valence-electron chi connectivity index (χ2n) is 5.20. The van der Waals surface area contributed by atoms with Crippen molar-refractivity contribution in [3.05, 3.63) is 0 Å². The van der Waals surface area contributed by atoms with Crippen LogP contribution in [0.4, 0.5) is 0 Å². The molecule has 1 amide bonds. The van der Waals surface area contributed by atoms with E-state index in [0.717, 1.165) is 0 Å². The molecule has 0 atom stereocenters. The van der Waals surface area contributed by atoms with E-state index in [-0.39, 0.29) is 11.4 Å². The molecule has 0 radical (unpaired) electrons. The van der Waals surface area contributed by atoms with Crippen LogP contribution in [0.1, 0.15) is 6.92 Å². The molecular formula is C8H23NO2Si2. The molecule has 0 aliphatic rings. The molecule has 5 heteroatoms. The number of hydrogen-bond acceptors (Lipinski definition) is 1. The van der Waals surface area contributed by atoms with Crippen LogP contribution in [0.25, 0.3) is 0 Å². The van der Waals surface area contributed by atoms with Gasteiger partial charge in [0.25, 0.3) is 0 Å². The third-order valence-corrected chi connectivity index (χ3v) is 8.99. The van der Waals surface area contributed by atoms with E-state index in [0.29, 0.717) is 0 Å². The van der Waals surface area contributed by atoms with Gasteiger partial charge in [0.15, 0.2) is 0 Å². The summed E-state index contributed by atoms with van der Waals surface area (Å²) in [4.78, 5) is 11.4. The molecule has 3 nitrogen and oxygen atoms in total. The minimum atomic E-state index is -1.44. The summed E-state index contributed by atoms with van der Waals surface area (Å²) in [6.45, 7) is 15.1. The topological polar surface area (TPSA) is 51.8 Å². The van der Waals surface area contributed by atoms with Gasteiger partial charge in [-0.25, -0.2) is 0 Å². The van der Waals surface area contributed by atoms with Crippen molar-refractivity contribution in [2.24, 2.45) is 0 Å². The summed E-state index contributed by atoms with van der Waals surface area (Å²) in [6.07, 6.45) is 0. The molecule has 2 N–H and O–H groups in total. The Hall–Kier alpha value is -0.136. The lowest BCUT2D eigenvalue weighted by Gasteiger charge is -2.43. The highest BCUT2D eigenvalue weighted by atomic mass is 28.4. The first kappa shape index (κ1) is 15.3. The van der Waals surface area contributed by atoms with Gasteiger partial charge in [-0.3, -0.25) is 4.79 Å². The average Bonchev–Trinajstić information content (AvgIpc) is 1.49. The highest BCUT2D eigenvalue weighted by Crippen LogP contribution is 2.19. The highest BCUT2D eigenvalue weighted by Gasteiger charge is 2.35. The molecule has 0 aromatic heterocycles. The standard InChI is InChI=1S/C8H21NOSi2.H2O/c1-8(10)9(11(2,3)4)12(5,6)7;/h1-7H3;1H2. The van der Waals surface area contributed by atoms with E-state index >= 15 is 0 Å². The summed E-state index contributed by atoms with van der Waals surface area (Å²) in [5.74, 6) is 0.258. The number of carbonyl (C=O) groups is 1. The van der Waals surface area contributed by atoms with Crippen LogP contribution in [0, 0.1) is 0 Å². The zero-order chi connectivity index (χ0) is 10.2. The Morgan fingerprint density at radius 2 is 1.15 bits per heavy atom. The van der Waals surface area contributed by atoms with Crippen molar-refractivity contribution in [2.75, 3.05) is 0 Å². The molecule has 0 aromatic rings. The first-order chi connectivity index (χ1) is 5.07. The Kier molecular flexibility index (Phi) is 5.18. The largest absolute Gasteiger partial charge is 0.412 e. The van der Waals surface area contributed by atoms with Gasteiger partial charge in [-0.15, -0.1) is 0 Å². The molecule has 0 spiro atoms. The normalized spacial score (nSPS) is 11.9. The molecule has 80 valence electrons. The molecule has 0 saturated heterocycles. The van der Waals surface area contributed by atoms with Gasteiger partial charge in [-0.1, -0.05) is 39.3 Å². The van der Waals surface area contributed by atoms with Crippen LogP contribution in [-0.4, -0.2) is 32.1 Å². The summed E-state index contributed by atoms with van der Waals surface area (Å²) in [6, 6.07) is 0. The molecule has 13 heavy (non-hydrogen) atoms. The summed E-state index contributed by atoms with van der Waals surface area (Å²) in [5.41, 5.74) is 0. The number of rotatable bonds is 2. The maximum absolute atomic E-state index is 11.4. The van der Waals surface area contributed by atoms with E-state index in [4.69, 9.17) is 0 Å². The van der Waals surface area contributed by atoms with Crippen LogP contribution in [0.3, 0.4) is 0 Å². The van der Waals surface area contributed by atoms with E-state index in [1.54, 1.807) is 6.92 Å². The lowest BCUT2D eigenvalue weighted by Crippen LogP contribution is -2.61. The van der Waals surface area contributed by atoms with Gasteiger partial charge in [-0.2, -0.15) is 0 Å². The fraction of sp³-hybridized carbons (Fsp3) is 0.875. The van der Waals surface area contributed by atoms with Crippen molar-refractivity contribution < 1.29 is 10.3 Å². The third kappa shape index (κ3) is 4.59. The zero-order valence-electron chi connectivity index (χ0n) is 9.86. The second kappa shape index (κ2) is 4.39. The maximum Gasteiger partial charge on any atom is 0.203 e. The first-order valence-electron chi connectivity index (χ1n) is 4.37. The van der Waals surface area contributed by atoms with E-state index in [9.17, 15) is 4.79 Å². The summed E-state index contributed by atoms with van der Waals surface area (Å²) in [5, 5.41) is 0. The predicted molar refractivity (Wildman–Crippen MR) is 62.8 cm³/mol. The van der Waals surface area contributed by atoms with Crippen molar-refractivity contribution >= 4 is 22.4 Å². The molecule has 0 aromatic carbocycles. The van der Waals surface area contributed by atoms with E-state index in [1.807, 2.05) is 0 Å².